The van der Waals surface area contributed by atoms with Crippen LogP contribution in [0.5, 0.6) is 5.75 Å². The molecule has 0 aliphatic carbocycles. The molecule has 0 radical (unpaired) electrons. The minimum Gasteiger partial charge on any atom is -0.493 e. The first-order valence-corrected chi connectivity index (χ1v) is 9.36. The molecule has 0 fully saturated rings. The van der Waals surface area contributed by atoms with Crippen LogP contribution in [-0.4, -0.2) is 21.6 Å². The molecule has 5 heteroatoms. The molecule has 1 N–H and O–H groups in total. The van der Waals surface area contributed by atoms with Gasteiger partial charge in [0.2, 0.25) is 10.0 Å². The minimum absolute atomic E-state index is 0.148. The molecule has 1 aliphatic heterocycles. The summed E-state index contributed by atoms with van der Waals surface area (Å²) in [6.07, 6.45) is 1.72. The fourth-order valence-corrected chi connectivity index (χ4v) is 3.85. The number of benzene rings is 2. The minimum atomic E-state index is -3.47. The number of fused-ring (bicyclic) bond motifs is 1. The van der Waals surface area contributed by atoms with Crippen LogP contribution in [0.1, 0.15) is 18.1 Å². The molecule has 1 heterocycles. The van der Waals surface area contributed by atoms with Gasteiger partial charge in [0.25, 0.3) is 0 Å². The van der Waals surface area contributed by atoms with E-state index < -0.39 is 10.0 Å². The monoisotopic (exact) mass is 331 g/mol. The Labute approximate surface area is 137 Å². The summed E-state index contributed by atoms with van der Waals surface area (Å²) in [5.41, 5.74) is 2.26. The van der Waals surface area contributed by atoms with Gasteiger partial charge in [0.05, 0.1) is 11.5 Å². The molecule has 1 atom stereocenters. The highest BCUT2D eigenvalue weighted by Crippen LogP contribution is 2.26. The SMILES string of the molecule is CCc1ccc(S(=O)(=O)NCC2COc3ccccc3C2)cc1. The molecule has 1 unspecified atom stereocenters. The van der Waals surface area contributed by atoms with Crippen LogP contribution in [0.25, 0.3) is 0 Å². The average molecular weight is 331 g/mol. The Kier molecular flexibility index (Phi) is 4.68. The molecule has 4 nitrogen and oxygen atoms in total. The molecule has 0 amide bonds. The van der Waals surface area contributed by atoms with Crippen molar-refractivity contribution in [2.75, 3.05) is 13.2 Å². The summed E-state index contributed by atoms with van der Waals surface area (Å²) in [6.45, 7) is 2.96. The van der Waals surface area contributed by atoms with Crippen LogP contribution in [0.4, 0.5) is 0 Å². The second-order valence-electron chi connectivity index (χ2n) is 5.84. The summed E-state index contributed by atoms with van der Waals surface area (Å²) in [6, 6.07) is 14.9. The van der Waals surface area contributed by atoms with Gasteiger partial charge in [-0.05, 0) is 42.2 Å². The van der Waals surface area contributed by atoms with Gasteiger partial charge < -0.3 is 4.74 Å². The number of nitrogens with one attached hydrogen (secondary N) is 1. The zero-order chi connectivity index (χ0) is 16.3. The third-order valence-corrected chi connectivity index (χ3v) is 5.60. The van der Waals surface area contributed by atoms with E-state index in [0.717, 1.165) is 29.7 Å². The molecular weight excluding hydrogens is 310 g/mol. The predicted octanol–water partition coefficient (Wildman–Crippen LogP) is 2.78. The van der Waals surface area contributed by atoms with E-state index in [1.165, 1.54) is 0 Å². The van der Waals surface area contributed by atoms with Gasteiger partial charge in [0.1, 0.15) is 5.75 Å². The first-order valence-electron chi connectivity index (χ1n) is 7.88. The molecule has 3 rings (SSSR count). The molecule has 122 valence electrons. The number of sulfonamides is 1. The zero-order valence-electron chi connectivity index (χ0n) is 13.2. The molecule has 0 aromatic heterocycles. The topological polar surface area (TPSA) is 55.4 Å². The van der Waals surface area contributed by atoms with Crippen LogP contribution in [0, 0.1) is 5.92 Å². The van der Waals surface area contributed by atoms with Gasteiger partial charge in [-0.15, -0.1) is 0 Å². The molecular formula is C18H21NO3S. The molecule has 2 aromatic carbocycles. The van der Waals surface area contributed by atoms with Crippen LogP contribution in [0.3, 0.4) is 0 Å². The number of hydrogen-bond acceptors (Lipinski definition) is 3. The summed E-state index contributed by atoms with van der Waals surface area (Å²) in [7, 11) is -3.47. The lowest BCUT2D eigenvalue weighted by Crippen LogP contribution is -2.34. The quantitative estimate of drug-likeness (QED) is 0.916. The van der Waals surface area contributed by atoms with E-state index in [-0.39, 0.29) is 5.92 Å². The lowest BCUT2D eigenvalue weighted by molar-refractivity contribution is 0.223. The van der Waals surface area contributed by atoms with Crippen LogP contribution < -0.4 is 9.46 Å². The molecule has 0 saturated carbocycles. The smallest absolute Gasteiger partial charge is 0.240 e. The van der Waals surface area contributed by atoms with Gasteiger partial charge in [-0.2, -0.15) is 0 Å². The number of hydrogen-bond donors (Lipinski definition) is 1. The van der Waals surface area contributed by atoms with E-state index in [1.807, 2.05) is 43.3 Å². The van der Waals surface area contributed by atoms with E-state index in [4.69, 9.17) is 4.74 Å². The predicted molar refractivity (Wildman–Crippen MR) is 90.1 cm³/mol. The lowest BCUT2D eigenvalue weighted by Gasteiger charge is -2.25. The van der Waals surface area contributed by atoms with E-state index in [9.17, 15) is 8.42 Å². The molecule has 2 aromatic rings. The van der Waals surface area contributed by atoms with Gasteiger partial charge in [-0.1, -0.05) is 37.3 Å². The first kappa shape index (κ1) is 16.0. The summed E-state index contributed by atoms with van der Waals surface area (Å²) in [4.78, 5) is 0.312. The van der Waals surface area contributed by atoms with E-state index in [2.05, 4.69) is 4.72 Å². The highest BCUT2D eigenvalue weighted by Gasteiger charge is 2.22. The summed E-state index contributed by atoms with van der Waals surface area (Å²) < 4.78 is 33.1. The highest BCUT2D eigenvalue weighted by molar-refractivity contribution is 7.89. The molecule has 0 saturated heterocycles. The molecule has 1 aliphatic rings. The number of rotatable bonds is 5. The second kappa shape index (κ2) is 6.72. The van der Waals surface area contributed by atoms with Crippen molar-refractivity contribution in [3.8, 4) is 5.75 Å². The molecule has 0 bridgehead atoms. The summed E-state index contributed by atoms with van der Waals surface area (Å²) in [5, 5.41) is 0. The maximum atomic E-state index is 12.4. The van der Waals surface area contributed by atoms with Crippen molar-refractivity contribution >= 4 is 10.0 Å². The van der Waals surface area contributed by atoms with Gasteiger partial charge >= 0.3 is 0 Å². The average Bonchev–Trinajstić information content (AvgIpc) is 2.60. The van der Waals surface area contributed by atoms with Gasteiger partial charge in [-0.3, -0.25) is 0 Å². The Morgan fingerprint density at radius 3 is 2.61 bits per heavy atom. The normalized spacial score (nSPS) is 17.3. The standard InChI is InChI=1S/C18H21NO3S/c1-2-14-7-9-17(10-8-14)23(20,21)19-12-15-11-16-5-3-4-6-18(16)22-13-15/h3-10,15,19H,2,11-13H2,1H3. The van der Waals surface area contributed by atoms with Crippen molar-refractivity contribution < 1.29 is 13.2 Å². The Morgan fingerprint density at radius 2 is 1.87 bits per heavy atom. The summed E-state index contributed by atoms with van der Waals surface area (Å²) >= 11 is 0. The van der Waals surface area contributed by atoms with Crippen molar-refractivity contribution in [3.63, 3.8) is 0 Å². The third-order valence-electron chi connectivity index (χ3n) is 4.16. The van der Waals surface area contributed by atoms with Crippen LogP contribution in [0.15, 0.2) is 53.4 Å². The van der Waals surface area contributed by atoms with Crippen molar-refractivity contribution in [1.29, 1.82) is 0 Å². The molecule has 0 spiro atoms. The first-order chi connectivity index (χ1) is 11.1. The van der Waals surface area contributed by atoms with Crippen molar-refractivity contribution in [2.24, 2.45) is 5.92 Å². The Hall–Kier alpha value is -1.85. The molecule has 23 heavy (non-hydrogen) atoms. The lowest BCUT2D eigenvalue weighted by atomic mass is 9.97. The van der Waals surface area contributed by atoms with Crippen LogP contribution >= 0.6 is 0 Å². The third kappa shape index (κ3) is 3.74. The number of para-hydroxylation sites is 1. The number of ether oxygens (including phenoxy) is 1. The maximum absolute atomic E-state index is 12.4. The highest BCUT2D eigenvalue weighted by atomic mass is 32.2. The van der Waals surface area contributed by atoms with Crippen LogP contribution in [0.2, 0.25) is 0 Å². The van der Waals surface area contributed by atoms with Gasteiger partial charge in [-0.25, -0.2) is 13.1 Å². The maximum Gasteiger partial charge on any atom is 0.240 e. The Bertz CT molecular complexity index is 769. The van der Waals surface area contributed by atoms with Gasteiger partial charge in [0, 0.05) is 12.5 Å². The fraction of sp³-hybridized carbons (Fsp3) is 0.333. The second-order valence-corrected chi connectivity index (χ2v) is 7.61. The Morgan fingerprint density at radius 1 is 1.13 bits per heavy atom. The van der Waals surface area contributed by atoms with Crippen LogP contribution in [-0.2, 0) is 22.9 Å². The van der Waals surface area contributed by atoms with Gasteiger partial charge in [0.15, 0.2) is 0 Å². The van der Waals surface area contributed by atoms with Crippen molar-refractivity contribution in [1.82, 2.24) is 4.72 Å². The van der Waals surface area contributed by atoms with Crippen molar-refractivity contribution in [2.45, 2.75) is 24.7 Å². The zero-order valence-corrected chi connectivity index (χ0v) is 14.0. The number of aryl methyl sites for hydroxylation is 1. The fourth-order valence-electron chi connectivity index (χ4n) is 2.74. The summed E-state index contributed by atoms with van der Waals surface area (Å²) in [5.74, 6) is 1.05. The van der Waals surface area contributed by atoms with E-state index in [0.29, 0.717) is 18.0 Å². The Balaban J connectivity index is 1.63. The van der Waals surface area contributed by atoms with E-state index >= 15 is 0 Å². The largest absolute Gasteiger partial charge is 0.493 e. The van der Waals surface area contributed by atoms with Crippen molar-refractivity contribution in [3.05, 3.63) is 59.7 Å². The van der Waals surface area contributed by atoms with E-state index in [1.54, 1.807) is 12.1 Å².